The first-order valence-electron chi connectivity index (χ1n) is 14.3. The Balaban J connectivity index is 2.77. The SMILES string of the molecule is CCCCCCCCCCOC(=O)c1ccc(C(=O)O)c(C(=O)O)c1C(=O)OCCCCCCCCCC. The summed E-state index contributed by atoms with van der Waals surface area (Å²) >= 11 is 0. The van der Waals surface area contributed by atoms with Crippen LogP contribution >= 0.6 is 0 Å². The van der Waals surface area contributed by atoms with Crippen molar-refractivity contribution in [2.24, 2.45) is 0 Å². The Hall–Kier alpha value is -2.90. The number of carboxylic acids is 2. The van der Waals surface area contributed by atoms with E-state index in [1.165, 1.54) is 51.4 Å². The predicted molar refractivity (Wildman–Crippen MR) is 146 cm³/mol. The van der Waals surface area contributed by atoms with Gasteiger partial charge in [0.05, 0.1) is 35.5 Å². The Bertz CT molecular complexity index is 877. The molecule has 0 heterocycles. The summed E-state index contributed by atoms with van der Waals surface area (Å²) in [5.41, 5.74) is -2.22. The van der Waals surface area contributed by atoms with Crippen molar-refractivity contribution < 1.29 is 38.9 Å². The summed E-state index contributed by atoms with van der Waals surface area (Å²) < 4.78 is 10.6. The van der Waals surface area contributed by atoms with Crippen molar-refractivity contribution >= 4 is 23.9 Å². The van der Waals surface area contributed by atoms with Crippen LogP contribution in [0.25, 0.3) is 0 Å². The van der Waals surface area contributed by atoms with E-state index in [0.717, 1.165) is 50.7 Å². The van der Waals surface area contributed by atoms with Gasteiger partial charge in [-0.15, -0.1) is 0 Å². The highest BCUT2D eigenvalue weighted by atomic mass is 16.5. The van der Waals surface area contributed by atoms with Crippen molar-refractivity contribution in [2.45, 2.75) is 117 Å². The van der Waals surface area contributed by atoms with E-state index >= 15 is 0 Å². The molecule has 0 aromatic heterocycles. The summed E-state index contributed by atoms with van der Waals surface area (Å²) in [6.07, 6.45) is 16.9. The van der Waals surface area contributed by atoms with E-state index < -0.39 is 40.6 Å². The van der Waals surface area contributed by atoms with Gasteiger partial charge in [0.1, 0.15) is 0 Å². The second kappa shape index (κ2) is 20.1. The highest BCUT2D eigenvalue weighted by Crippen LogP contribution is 2.23. The molecular weight excluding hydrogens is 488 g/mol. The third-order valence-corrected chi connectivity index (χ3v) is 6.54. The minimum atomic E-state index is -1.63. The smallest absolute Gasteiger partial charge is 0.339 e. The third kappa shape index (κ3) is 12.6. The number of unbranched alkanes of at least 4 members (excludes halogenated alkanes) is 14. The maximum absolute atomic E-state index is 12.9. The second-order valence-electron chi connectivity index (χ2n) is 9.74. The van der Waals surface area contributed by atoms with Gasteiger partial charge in [-0.25, -0.2) is 19.2 Å². The fraction of sp³-hybridized carbons (Fsp3) is 0.667. The molecule has 8 heteroatoms. The molecule has 38 heavy (non-hydrogen) atoms. The largest absolute Gasteiger partial charge is 0.478 e. The average molecular weight is 535 g/mol. The summed E-state index contributed by atoms with van der Waals surface area (Å²) in [4.78, 5) is 49.3. The lowest BCUT2D eigenvalue weighted by atomic mass is 9.95. The summed E-state index contributed by atoms with van der Waals surface area (Å²) in [6.45, 7) is 4.52. The van der Waals surface area contributed by atoms with Crippen molar-refractivity contribution in [2.75, 3.05) is 13.2 Å². The number of hydrogen-bond acceptors (Lipinski definition) is 6. The molecule has 1 aromatic carbocycles. The maximum Gasteiger partial charge on any atom is 0.339 e. The third-order valence-electron chi connectivity index (χ3n) is 6.54. The predicted octanol–water partition coefficient (Wildman–Crippen LogP) is 7.68. The Morgan fingerprint density at radius 1 is 0.526 bits per heavy atom. The van der Waals surface area contributed by atoms with Crippen LogP contribution in [-0.4, -0.2) is 47.3 Å². The highest BCUT2D eigenvalue weighted by Gasteiger charge is 2.31. The normalized spacial score (nSPS) is 10.8. The second-order valence-corrected chi connectivity index (χ2v) is 9.74. The number of carboxylic acid groups (broad SMARTS) is 2. The van der Waals surface area contributed by atoms with Crippen LogP contribution in [0.2, 0.25) is 0 Å². The molecule has 1 aromatic rings. The van der Waals surface area contributed by atoms with Crippen LogP contribution in [0.3, 0.4) is 0 Å². The van der Waals surface area contributed by atoms with E-state index in [-0.39, 0.29) is 18.8 Å². The van der Waals surface area contributed by atoms with Gasteiger partial charge >= 0.3 is 23.9 Å². The number of ether oxygens (including phenoxy) is 2. The van der Waals surface area contributed by atoms with Crippen molar-refractivity contribution in [1.82, 2.24) is 0 Å². The number of rotatable bonds is 22. The maximum atomic E-state index is 12.9. The number of carbonyl (C=O) groups is 4. The summed E-state index contributed by atoms with van der Waals surface area (Å²) in [6, 6.07) is 2.13. The molecule has 2 N–H and O–H groups in total. The molecular formula is C30H46O8. The Kier molecular flexibility index (Phi) is 17.5. The van der Waals surface area contributed by atoms with Gasteiger partial charge in [-0.1, -0.05) is 104 Å². The van der Waals surface area contributed by atoms with E-state index in [0.29, 0.717) is 12.8 Å². The molecule has 0 fully saturated rings. The molecule has 8 nitrogen and oxygen atoms in total. The Labute approximate surface area is 227 Å². The first kappa shape index (κ1) is 33.1. The van der Waals surface area contributed by atoms with Crippen molar-refractivity contribution in [3.8, 4) is 0 Å². The molecule has 0 saturated carbocycles. The fourth-order valence-electron chi connectivity index (χ4n) is 4.34. The number of carbonyl (C=O) groups excluding carboxylic acids is 2. The van der Waals surface area contributed by atoms with Gasteiger partial charge < -0.3 is 19.7 Å². The molecule has 214 valence electrons. The lowest BCUT2D eigenvalue weighted by molar-refractivity contribution is 0.0444. The van der Waals surface area contributed by atoms with E-state index in [9.17, 15) is 29.4 Å². The molecule has 0 atom stereocenters. The molecule has 0 radical (unpaired) electrons. The Morgan fingerprint density at radius 3 is 1.34 bits per heavy atom. The fourth-order valence-corrected chi connectivity index (χ4v) is 4.34. The molecule has 0 amide bonds. The van der Waals surface area contributed by atoms with Gasteiger partial charge in [-0.2, -0.15) is 0 Å². The van der Waals surface area contributed by atoms with Crippen LogP contribution in [0.5, 0.6) is 0 Å². The molecule has 0 aliphatic rings. The van der Waals surface area contributed by atoms with Crippen molar-refractivity contribution in [1.29, 1.82) is 0 Å². The molecule has 0 saturated heterocycles. The zero-order valence-corrected chi connectivity index (χ0v) is 23.2. The van der Waals surface area contributed by atoms with Gasteiger partial charge in [-0.3, -0.25) is 0 Å². The summed E-state index contributed by atoms with van der Waals surface area (Å²) in [7, 11) is 0. The van der Waals surface area contributed by atoms with E-state index in [2.05, 4.69) is 13.8 Å². The molecule has 0 aliphatic carbocycles. The quantitative estimate of drug-likeness (QED) is 0.114. The van der Waals surface area contributed by atoms with Crippen LogP contribution in [-0.2, 0) is 9.47 Å². The highest BCUT2D eigenvalue weighted by molar-refractivity contribution is 6.14. The topological polar surface area (TPSA) is 127 Å². The molecule has 0 unspecified atom stereocenters. The lowest BCUT2D eigenvalue weighted by Crippen LogP contribution is -2.22. The van der Waals surface area contributed by atoms with Crippen LogP contribution < -0.4 is 0 Å². The lowest BCUT2D eigenvalue weighted by Gasteiger charge is -2.14. The molecule has 0 bridgehead atoms. The van der Waals surface area contributed by atoms with Crippen molar-refractivity contribution in [3.05, 3.63) is 34.4 Å². The zero-order valence-electron chi connectivity index (χ0n) is 23.2. The zero-order chi connectivity index (χ0) is 28.2. The number of hydrogen-bond donors (Lipinski definition) is 2. The van der Waals surface area contributed by atoms with Gasteiger partial charge in [0.25, 0.3) is 0 Å². The molecule has 1 rings (SSSR count). The van der Waals surface area contributed by atoms with E-state index in [1.807, 2.05) is 0 Å². The minimum Gasteiger partial charge on any atom is -0.478 e. The van der Waals surface area contributed by atoms with Gasteiger partial charge in [0, 0.05) is 0 Å². The first-order valence-corrected chi connectivity index (χ1v) is 14.3. The van der Waals surface area contributed by atoms with Crippen LogP contribution in [0.4, 0.5) is 0 Å². The molecule has 0 aliphatic heterocycles. The number of aromatic carboxylic acids is 2. The monoisotopic (exact) mass is 534 g/mol. The van der Waals surface area contributed by atoms with Gasteiger partial charge in [0.2, 0.25) is 0 Å². The number of benzene rings is 1. The van der Waals surface area contributed by atoms with E-state index in [4.69, 9.17) is 9.47 Å². The summed E-state index contributed by atoms with van der Waals surface area (Å²) in [5, 5.41) is 19.2. The Morgan fingerprint density at radius 2 is 0.921 bits per heavy atom. The van der Waals surface area contributed by atoms with Crippen molar-refractivity contribution in [3.63, 3.8) is 0 Å². The van der Waals surface area contributed by atoms with Crippen LogP contribution in [0.1, 0.15) is 158 Å². The van der Waals surface area contributed by atoms with Crippen LogP contribution in [0.15, 0.2) is 12.1 Å². The van der Waals surface area contributed by atoms with Gasteiger partial charge in [-0.05, 0) is 25.0 Å². The summed E-state index contributed by atoms with van der Waals surface area (Å²) in [5.74, 6) is -5.04. The van der Waals surface area contributed by atoms with Gasteiger partial charge in [0.15, 0.2) is 0 Å². The first-order chi connectivity index (χ1) is 18.3. The van der Waals surface area contributed by atoms with E-state index in [1.54, 1.807) is 0 Å². The molecule has 0 spiro atoms. The average Bonchev–Trinajstić information content (AvgIpc) is 2.89. The van der Waals surface area contributed by atoms with Crippen LogP contribution in [0, 0.1) is 0 Å². The standard InChI is InChI=1S/C30H46O8/c1-3-5-7-9-11-13-15-17-21-37-29(35)24-20-19-23(27(31)32)25(28(33)34)26(24)30(36)38-22-18-16-14-12-10-8-6-4-2/h19-20H,3-18,21-22H2,1-2H3,(H,31,32)(H,33,34). The number of esters is 2. The minimum absolute atomic E-state index is 0.0525.